The first-order chi connectivity index (χ1) is 14.6. The van der Waals surface area contributed by atoms with E-state index >= 15 is 0 Å². The maximum Gasteiger partial charge on any atom is 0.407 e. The summed E-state index contributed by atoms with van der Waals surface area (Å²) < 4.78 is 9.14. The van der Waals surface area contributed by atoms with E-state index in [-0.39, 0.29) is 12.6 Å². The van der Waals surface area contributed by atoms with Gasteiger partial charge in [-0.05, 0) is 31.9 Å². The number of aromatic nitrogens is 6. The van der Waals surface area contributed by atoms with Crippen LogP contribution in [0.15, 0.2) is 31.0 Å². The summed E-state index contributed by atoms with van der Waals surface area (Å²) in [5, 5.41) is 27.2. The highest BCUT2D eigenvalue weighted by Crippen LogP contribution is 2.26. The van der Waals surface area contributed by atoms with Crippen molar-refractivity contribution in [2.24, 2.45) is 0 Å². The molecular formula is C19H20N8O3. The molecule has 0 aromatic carbocycles. The minimum absolute atomic E-state index is 0.00522. The van der Waals surface area contributed by atoms with Crippen molar-refractivity contribution in [2.45, 2.75) is 32.4 Å². The van der Waals surface area contributed by atoms with Gasteiger partial charge < -0.3 is 14.7 Å². The molecule has 1 aliphatic heterocycles. The van der Waals surface area contributed by atoms with E-state index < -0.39 is 6.09 Å². The van der Waals surface area contributed by atoms with Gasteiger partial charge in [0.05, 0.1) is 17.9 Å². The largest absolute Gasteiger partial charge is 0.487 e. The monoisotopic (exact) mass is 408 g/mol. The quantitative estimate of drug-likeness (QED) is 0.676. The maximum absolute atomic E-state index is 11.1. The zero-order chi connectivity index (χ0) is 21.1. The Bertz CT molecular complexity index is 1080. The SMILES string of the molecule is Cc1nc(-n2cncn2)ccc1OCc1cnn(C2CCN(C(=O)O)CC2)c1C#N. The van der Waals surface area contributed by atoms with Crippen LogP contribution in [0.2, 0.25) is 0 Å². The van der Waals surface area contributed by atoms with Gasteiger partial charge in [0.2, 0.25) is 0 Å². The normalized spacial score (nSPS) is 14.5. The zero-order valence-corrected chi connectivity index (χ0v) is 16.3. The summed E-state index contributed by atoms with van der Waals surface area (Å²) >= 11 is 0. The Hall–Kier alpha value is -3.94. The van der Waals surface area contributed by atoms with Crippen LogP contribution in [0.1, 0.15) is 35.8 Å². The van der Waals surface area contributed by atoms with Crippen LogP contribution in [-0.4, -0.2) is 58.7 Å². The molecule has 1 fully saturated rings. The van der Waals surface area contributed by atoms with Gasteiger partial charge in [-0.1, -0.05) is 0 Å². The molecular weight excluding hydrogens is 388 g/mol. The molecule has 1 aliphatic rings. The van der Waals surface area contributed by atoms with Gasteiger partial charge in [0.25, 0.3) is 0 Å². The molecule has 11 nitrogen and oxygen atoms in total. The number of hydrogen-bond donors (Lipinski definition) is 1. The van der Waals surface area contributed by atoms with Gasteiger partial charge in [0.1, 0.15) is 36.8 Å². The van der Waals surface area contributed by atoms with E-state index in [0.717, 1.165) is 0 Å². The molecule has 4 rings (SSSR count). The first-order valence-corrected chi connectivity index (χ1v) is 9.46. The molecule has 3 aromatic heterocycles. The smallest absolute Gasteiger partial charge is 0.407 e. The Balaban J connectivity index is 1.45. The number of carbonyl (C=O) groups is 1. The van der Waals surface area contributed by atoms with Gasteiger partial charge in [0.15, 0.2) is 5.82 Å². The molecule has 154 valence electrons. The number of piperidine rings is 1. The number of hydrogen-bond acceptors (Lipinski definition) is 7. The average Bonchev–Trinajstić information content (AvgIpc) is 3.43. The van der Waals surface area contributed by atoms with Crippen molar-refractivity contribution < 1.29 is 14.6 Å². The molecule has 0 unspecified atom stereocenters. The highest BCUT2D eigenvalue weighted by molar-refractivity contribution is 5.65. The van der Waals surface area contributed by atoms with Crippen molar-refractivity contribution in [1.29, 1.82) is 5.26 Å². The molecule has 11 heteroatoms. The van der Waals surface area contributed by atoms with Gasteiger partial charge in [0, 0.05) is 18.7 Å². The van der Waals surface area contributed by atoms with E-state index in [2.05, 4.69) is 26.2 Å². The first-order valence-electron chi connectivity index (χ1n) is 9.46. The summed E-state index contributed by atoms with van der Waals surface area (Å²) in [5.41, 5.74) is 1.81. The molecule has 0 spiro atoms. The Morgan fingerprint density at radius 3 is 2.77 bits per heavy atom. The molecule has 1 saturated heterocycles. The summed E-state index contributed by atoms with van der Waals surface area (Å²) in [6.45, 7) is 2.88. The zero-order valence-electron chi connectivity index (χ0n) is 16.3. The van der Waals surface area contributed by atoms with Crippen LogP contribution in [0.4, 0.5) is 4.79 Å². The summed E-state index contributed by atoms with van der Waals surface area (Å²) in [7, 11) is 0. The molecule has 0 aliphatic carbocycles. The second-order valence-corrected chi connectivity index (χ2v) is 6.96. The summed E-state index contributed by atoms with van der Waals surface area (Å²) in [5.74, 6) is 1.24. The fraction of sp³-hybridized carbons (Fsp3) is 0.368. The molecule has 1 amide bonds. The number of amides is 1. The predicted octanol–water partition coefficient (Wildman–Crippen LogP) is 1.93. The minimum atomic E-state index is -0.915. The highest BCUT2D eigenvalue weighted by Gasteiger charge is 2.26. The number of carboxylic acid groups (broad SMARTS) is 1. The minimum Gasteiger partial charge on any atom is -0.487 e. The van der Waals surface area contributed by atoms with E-state index in [0.29, 0.717) is 54.4 Å². The number of pyridine rings is 1. The van der Waals surface area contributed by atoms with Crippen LogP contribution in [0.5, 0.6) is 5.75 Å². The lowest BCUT2D eigenvalue weighted by molar-refractivity contribution is 0.123. The third kappa shape index (κ3) is 3.80. The number of likely N-dealkylation sites (tertiary alicyclic amines) is 1. The predicted molar refractivity (Wildman–Crippen MR) is 103 cm³/mol. The molecule has 4 heterocycles. The van der Waals surface area contributed by atoms with Gasteiger partial charge in [-0.2, -0.15) is 15.5 Å². The van der Waals surface area contributed by atoms with Gasteiger partial charge in [-0.3, -0.25) is 4.68 Å². The Kier molecular flexibility index (Phi) is 5.30. The van der Waals surface area contributed by atoms with Crippen LogP contribution < -0.4 is 4.74 Å². The lowest BCUT2D eigenvalue weighted by Crippen LogP contribution is -2.38. The van der Waals surface area contributed by atoms with E-state index in [1.807, 2.05) is 6.92 Å². The lowest BCUT2D eigenvalue weighted by atomic mass is 10.1. The Labute approximate surface area is 172 Å². The van der Waals surface area contributed by atoms with E-state index in [1.54, 1.807) is 34.0 Å². The molecule has 0 atom stereocenters. The first kappa shape index (κ1) is 19.4. The van der Waals surface area contributed by atoms with Gasteiger partial charge in [-0.25, -0.2) is 19.4 Å². The number of ether oxygens (including phenoxy) is 1. The van der Waals surface area contributed by atoms with Crippen molar-refractivity contribution in [3.8, 4) is 17.6 Å². The molecule has 30 heavy (non-hydrogen) atoms. The number of nitriles is 1. The number of aryl methyl sites for hydroxylation is 1. The average molecular weight is 408 g/mol. The van der Waals surface area contributed by atoms with Crippen molar-refractivity contribution in [1.82, 2.24) is 34.4 Å². The van der Waals surface area contributed by atoms with Crippen molar-refractivity contribution in [3.63, 3.8) is 0 Å². The number of nitrogens with zero attached hydrogens (tertiary/aromatic N) is 8. The van der Waals surface area contributed by atoms with E-state index in [9.17, 15) is 10.1 Å². The molecule has 0 bridgehead atoms. The summed E-state index contributed by atoms with van der Waals surface area (Å²) in [6.07, 6.45) is 4.97. The van der Waals surface area contributed by atoms with Crippen LogP contribution in [0.25, 0.3) is 5.82 Å². The van der Waals surface area contributed by atoms with Gasteiger partial charge >= 0.3 is 6.09 Å². The van der Waals surface area contributed by atoms with E-state index in [1.165, 1.54) is 11.2 Å². The van der Waals surface area contributed by atoms with E-state index in [4.69, 9.17) is 9.84 Å². The summed E-state index contributed by atoms with van der Waals surface area (Å²) in [6, 6.07) is 5.79. The Morgan fingerprint density at radius 1 is 1.33 bits per heavy atom. The van der Waals surface area contributed by atoms with Crippen LogP contribution in [0.3, 0.4) is 0 Å². The fourth-order valence-electron chi connectivity index (χ4n) is 3.50. The standard InChI is InChI=1S/C19H20N8O3/c1-13-17(2-3-18(24-13)26-12-21-11-23-26)30-10-14-9-22-27(16(14)8-20)15-4-6-25(7-5-15)19(28)29/h2-3,9,11-12,15H,4-7,10H2,1H3,(H,28,29). The maximum atomic E-state index is 11.1. The van der Waals surface area contributed by atoms with Crippen molar-refractivity contribution in [2.75, 3.05) is 13.1 Å². The van der Waals surface area contributed by atoms with Gasteiger partial charge in [-0.15, -0.1) is 0 Å². The van der Waals surface area contributed by atoms with Crippen molar-refractivity contribution in [3.05, 3.63) is 47.9 Å². The third-order valence-electron chi connectivity index (χ3n) is 5.12. The molecule has 0 radical (unpaired) electrons. The van der Waals surface area contributed by atoms with Crippen LogP contribution >= 0.6 is 0 Å². The molecule has 1 N–H and O–H groups in total. The third-order valence-corrected chi connectivity index (χ3v) is 5.12. The molecule has 0 saturated carbocycles. The fourth-order valence-corrected chi connectivity index (χ4v) is 3.50. The van der Waals surface area contributed by atoms with Crippen LogP contribution in [0, 0.1) is 18.3 Å². The highest BCUT2D eigenvalue weighted by atomic mass is 16.5. The number of rotatable bonds is 5. The lowest BCUT2D eigenvalue weighted by Gasteiger charge is -2.30. The summed E-state index contributed by atoms with van der Waals surface area (Å²) in [4.78, 5) is 20.8. The topological polar surface area (TPSA) is 135 Å². The van der Waals surface area contributed by atoms with Crippen LogP contribution in [-0.2, 0) is 6.61 Å². The Morgan fingerprint density at radius 2 is 2.13 bits per heavy atom. The van der Waals surface area contributed by atoms with Crippen molar-refractivity contribution >= 4 is 6.09 Å². The molecule has 3 aromatic rings. The second-order valence-electron chi connectivity index (χ2n) is 6.96. The second kappa shape index (κ2) is 8.20.